The van der Waals surface area contributed by atoms with Crippen molar-refractivity contribution in [3.05, 3.63) is 42.2 Å². The van der Waals surface area contributed by atoms with Crippen molar-refractivity contribution in [2.24, 2.45) is 7.05 Å². The van der Waals surface area contributed by atoms with Gasteiger partial charge in [0, 0.05) is 26.1 Å². The van der Waals surface area contributed by atoms with Crippen LogP contribution in [-0.2, 0) is 7.05 Å². The van der Waals surface area contributed by atoms with E-state index in [1.807, 2.05) is 11.6 Å². The lowest BCUT2D eigenvalue weighted by atomic mass is 9.97. The fraction of sp³-hybridized carbons (Fsp3) is 0.471. The Hall–Kier alpha value is -2.64. The summed E-state index contributed by atoms with van der Waals surface area (Å²) < 4.78 is 20.2. The smallest absolute Gasteiger partial charge is 0.317 e. The number of carbonyl (C=O) groups is 1. The predicted octanol–water partition coefficient (Wildman–Crippen LogP) is 1.92. The number of nitrogens with zero attached hydrogens (tertiary/aromatic N) is 4. The van der Waals surface area contributed by atoms with Gasteiger partial charge in [0.25, 0.3) is 0 Å². The molecule has 1 aromatic heterocycles. The zero-order valence-corrected chi connectivity index (χ0v) is 14.2. The molecule has 134 valence electrons. The molecule has 1 aromatic carbocycles. The molecule has 1 fully saturated rings. The molecule has 1 atom stereocenters. The first-order chi connectivity index (χ1) is 12.1. The molecule has 0 aliphatic carbocycles. The van der Waals surface area contributed by atoms with Gasteiger partial charge in [0.1, 0.15) is 30.3 Å². The van der Waals surface area contributed by atoms with Crippen LogP contribution in [0.1, 0.15) is 24.6 Å². The average molecular weight is 347 g/mol. The number of ether oxygens (including phenoxy) is 1. The number of aromatic nitrogens is 3. The summed E-state index contributed by atoms with van der Waals surface area (Å²) in [7, 11) is 1.92. The van der Waals surface area contributed by atoms with Crippen LogP contribution in [0.5, 0.6) is 5.75 Å². The lowest BCUT2D eigenvalue weighted by Gasteiger charge is -2.32. The van der Waals surface area contributed by atoms with E-state index in [0.29, 0.717) is 25.4 Å². The predicted molar refractivity (Wildman–Crippen MR) is 89.8 cm³/mol. The molecule has 0 bridgehead atoms. The van der Waals surface area contributed by atoms with Crippen molar-refractivity contribution in [1.82, 2.24) is 25.0 Å². The van der Waals surface area contributed by atoms with E-state index in [0.717, 1.165) is 25.2 Å². The van der Waals surface area contributed by atoms with Crippen LogP contribution < -0.4 is 10.1 Å². The fourth-order valence-corrected chi connectivity index (χ4v) is 3.00. The Morgan fingerprint density at radius 3 is 2.92 bits per heavy atom. The van der Waals surface area contributed by atoms with Gasteiger partial charge >= 0.3 is 6.03 Å². The van der Waals surface area contributed by atoms with Crippen LogP contribution in [0.25, 0.3) is 0 Å². The van der Waals surface area contributed by atoms with E-state index < -0.39 is 0 Å². The number of piperidine rings is 1. The van der Waals surface area contributed by atoms with E-state index in [1.54, 1.807) is 23.4 Å². The molecular formula is C17H22FN5O2. The molecule has 0 spiro atoms. The molecule has 0 unspecified atom stereocenters. The number of nitrogens with one attached hydrogen (secondary N) is 1. The first kappa shape index (κ1) is 17.2. The molecule has 1 aliphatic heterocycles. The second kappa shape index (κ2) is 7.96. The standard InChI is InChI=1S/C17H22FN5O2/c1-22-12-20-21-16(22)13-3-2-9-23(11-13)17(24)19-8-10-25-15-6-4-14(18)5-7-15/h4-7,12-13H,2-3,8-11H2,1H3,(H,19,24)/t13-/m1/s1. The van der Waals surface area contributed by atoms with Crippen molar-refractivity contribution in [1.29, 1.82) is 0 Å². The highest BCUT2D eigenvalue weighted by molar-refractivity contribution is 5.74. The molecule has 7 nitrogen and oxygen atoms in total. The van der Waals surface area contributed by atoms with Crippen LogP contribution in [0, 0.1) is 5.82 Å². The van der Waals surface area contributed by atoms with Gasteiger partial charge in [-0.25, -0.2) is 9.18 Å². The highest BCUT2D eigenvalue weighted by Gasteiger charge is 2.27. The van der Waals surface area contributed by atoms with Crippen molar-refractivity contribution in [3.63, 3.8) is 0 Å². The minimum Gasteiger partial charge on any atom is -0.492 e. The van der Waals surface area contributed by atoms with Gasteiger partial charge in [-0.3, -0.25) is 0 Å². The lowest BCUT2D eigenvalue weighted by molar-refractivity contribution is 0.175. The van der Waals surface area contributed by atoms with Gasteiger partial charge in [0.2, 0.25) is 0 Å². The van der Waals surface area contributed by atoms with Gasteiger partial charge in [-0.15, -0.1) is 10.2 Å². The zero-order valence-electron chi connectivity index (χ0n) is 14.2. The average Bonchev–Trinajstić information content (AvgIpc) is 3.06. The van der Waals surface area contributed by atoms with Gasteiger partial charge < -0.3 is 19.5 Å². The SMILES string of the molecule is Cn1cnnc1[C@@H]1CCCN(C(=O)NCCOc2ccc(F)cc2)C1. The van der Waals surface area contributed by atoms with Crippen LogP contribution in [0.4, 0.5) is 9.18 Å². The number of aryl methyl sites for hydroxylation is 1. The van der Waals surface area contributed by atoms with Crippen molar-refractivity contribution in [2.75, 3.05) is 26.2 Å². The van der Waals surface area contributed by atoms with Gasteiger partial charge in [0.05, 0.1) is 6.54 Å². The van der Waals surface area contributed by atoms with Crippen molar-refractivity contribution >= 4 is 6.03 Å². The quantitative estimate of drug-likeness (QED) is 0.839. The number of likely N-dealkylation sites (tertiary alicyclic amines) is 1. The highest BCUT2D eigenvalue weighted by atomic mass is 19.1. The van der Waals surface area contributed by atoms with E-state index >= 15 is 0 Å². The van der Waals surface area contributed by atoms with Crippen molar-refractivity contribution in [2.45, 2.75) is 18.8 Å². The second-order valence-electron chi connectivity index (χ2n) is 6.12. The molecule has 2 amide bonds. The Kier molecular flexibility index (Phi) is 5.47. The highest BCUT2D eigenvalue weighted by Crippen LogP contribution is 2.24. The molecule has 2 aromatic rings. The molecule has 1 saturated heterocycles. The molecule has 25 heavy (non-hydrogen) atoms. The summed E-state index contributed by atoms with van der Waals surface area (Å²) in [5.41, 5.74) is 0. The van der Waals surface area contributed by atoms with Gasteiger partial charge in [-0.1, -0.05) is 0 Å². The fourth-order valence-electron chi connectivity index (χ4n) is 3.00. The Balaban J connectivity index is 1.43. The first-order valence-electron chi connectivity index (χ1n) is 8.38. The number of hydrogen-bond donors (Lipinski definition) is 1. The first-order valence-corrected chi connectivity index (χ1v) is 8.38. The third kappa shape index (κ3) is 4.46. The third-order valence-electron chi connectivity index (χ3n) is 4.28. The molecule has 8 heteroatoms. The summed E-state index contributed by atoms with van der Waals surface area (Å²) in [6.07, 6.45) is 3.63. The third-order valence-corrected chi connectivity index (χ3v) is 4.28. The topological polar surface area (TPSA) is 72.3 Å². The maximum atomic E-state index is 12.8. The molecule has 0 saturated carbocycles. The van der Waals surface area contributed by atoms with Gasteiger partial charge in [-0.2, -0.15) is 0 Å². The minimum atomic E-state index is -0.303. The monoisotopic (exact) mass is 347 g/mol. The number of hydrogen-bond acceptors (Lipinski definition) is 4. The Labute approximate surface area is 145 Å². The Morgan fingerprint density at radius 2 is 2.20 bits per heavy atom. The van der Waals surface area contributed by atoms with E-state index in [-0.39, 0.29) is 17.8 Å². The number of carbonyl (C=O) groups excluding carboxylic acids is 1. The number of urea groups is 1. The number of amides is 2. The van der Waals surface area contributed by atoms with Gasteiger partial charge in [0.15, 0.2) is 0 Å². The number of benzene rings is 1. The normalized spacial score (nSPS) is 17.4. The molecule has 0 radical (unpaired) electrons. The molecule has 2 heterocycles. The lowest BCUT2D eigenvalue weighted by Crippen LogP contribution is -2.46. The Morgan fingerprint density at radius 1 is 1.40 bits per heavy atom. The van der Waals surface area contributed by atoms with E-state index in [2.05, 4.69) is 15.5 Å². The Bertz CT molecular complexity index is 703. The van der Waals surface area contributed by atoms with Crippen LogP contribution in [-0.4, -0.2) is 51.9 Å². The van der Waals surface area contributed by atoms with Crippen molar-refractivity contribution < 1.29 is 13.9 Å². The largest absolute Gasteiger partial charge is 0.492 e. The van der Waals surface area contributed by atoms with Crippen LogP contribution in [0.3, 0.4) is 0 Å². The van der Waals surface area contributed by atoms with E-state index in [4.69, 9.17) is 4.74 Å². The summed E-state index contributed by atoms with van der Waals surface area (Å²) in [5.74, 6) is 1.40. The minimum absolute atomic E-state index is 0.102. The molecule has 3 rings (SSSR count). The zero-order chi connectivity index (χ0) is 17.6. The summed E-state index contributed by atoms with van der Waals surface area (Å²) in [6.45, 7) is 2.09. The van der Waals surface area contributed by atoms with Crippen LogP contribution in [0.15, 0.2) is 30.6 Å². The van der Waals surface area contributed by atoms with Gasteiger partial charge in [-0.05, 0) is 37.1 Å². The van der Waals surface area contributed by atoms with Crippen LogP contribution in [0.2, 0.25) is 0 Å². The summed E-state index contributed by atoms with van der Waals surface area (Å²) in [6, 6.07) is 5.71. The van der Waals surface area contributed by atoms with Crippen LogP contribution >= 0.6 is 0 Å². The second-order valence-corrected chi connectivity index (χ2v) is 6.12. The summed E-state index contributed by atoms with van der Waals surface area (Å²) >= 11 is 0. The number of halogens is 1. The van der Waals surface area contributed by atoms with E-state index in [1.165, 1.54) is 12.1 Å². The summed E-state index contributed by atoms with van der Waals surface area (Å²) in [5, 5.41) is 10.9. The maximum Gasteiger partial charge on any atom is 0.317 e. The molecular weight excluding hydrogens is 325 g/mol. The number of rotatable bonds is 5. The molecule has 1 N–H and O–H groups in total. The molecule has 1 aliphatic rings. The van der Waals surface area contributed by atoms with E-state index in [9.17, 15) is 9.18 Å². The summed E-state index contributed by atoms with van der Waals surface area (Å²) in [4.78, 5) is 14.1. The van der Waals surface area contributed by atoms with Crippen molar-refractivity contribution in [3.8, 4) is 5.75 Å². The maximum absolute atomic E-state index is 12.8.